The van der Waals surface area contributed by atoms with Crippen LogP contribution in [-0.4, -0.2) is 10.5 Å². The summed E-state index contributed by atoms with van der Waals surface area (Å²) in [6.07, 6.45) is 1.63. The largest absolute Gasteiger partial charge is 0.345 e. The first-order chi connectivity index (χ1) is 5.15. The van der Waals surface area contributed by atoms with Crippen LogP contribution in [0.4, 0.5) is 0 Å². The van der Waals surface area contributed by atoms with Gasteiger partial charge in [-0.05, 0) is 6.07 Å². The number of nitrogen functional groups attached to an aromatic ring is 1. The Morgan fingerprint density at radius 2 is 2.33 bits per heavy atom. The second-order valence-electron chi connectivity index (χ2n) is 2.13. The third kappa shape index (κ3) is 2.14. The Kier molecular flexibility index (Phi) is 4.09. The summed E-state index contributed by atoms with van der Waals surface area (Å²) >= 11 is 5.63. The van der Waals surface area contributed by atoms with Gasteiger partial charge in [-0.3, -0.25) is 10.2 Å². The van der Waals surface area contributed by atoms with Crippen LogP contribution in [0.2, 0.25) is 5.02 Å². The predicted molar refractivity (Wildman–Crippen MR) is 49.3 cm³/mol. The summed E-state index contributed by atoms with van der Waals surface area (Å²) in [5.41, 5.74) is 2.46. The Balaban J connectivity index is 0.00000121. The Labute approximate surface area is 81.1 Å². The van der Waals surface area contributed by atoms with Gasteiger partial charge in [0, 0.05) is 13.2 Å². The van der Waals surface area contributed by atoms with Crippen molar-refractivity contribution in [3.8, 4) is 0 Å². The van der Waals surface area contributed by atoms with Crippen molar-refractivity contribution in [2.24, 2.45) is 12.9 Å². The van der Waals surface area contributed by atoms with Gasteiger partial charge in [0.1, 0.15) is 5.69 Å². The molecule has 0 aromatic carbocycles. The number of hydrogen-bond acceptors (Lipinski definition) is 2. The summed E-state index contributed by atoms with van der Waals surface area (Å²) in [4.78, 5) is 10.9. The molecule has 4 nitrogen and oxygen atoms in total. The van der Waals surface area contributed by atoms with Crippen molar-refractivity contribution in [3.63, 3.8) is 0 Å². The van der Waals surface area contributed by atoms with Crippen LogP contribution < -0.4 is 11.3 Å². The zero-order valence-corrected chi connectivity index (χ0v) is 7.95. The number of carbonyl (C=O) groups is 1. The van der Waals surface area contributed by atoms with E-state index in [0.29, 0.717) is 10.7 Å². The lowest BCUT2D eigenvalue weighted by Gasteiger charge is -1.98. The summed E-state index contributed by atoms with van der Waals surface area (Å²) in [5, 5.41) is 0.520. The molecule has 0 atom stereocenters. The number of rotatable bonds is 1. The van der Waals surface area contributed by atoms with Crippen LogP contribution in [0.15, 0.2) is 12.3 Å². The predicted octanol–water partition coefficient (Wildman–Crippen LogP) is 0.704. The Bertz CT molecular complexity index is 284. The van der Waals surface area contributed by atoms with Crippen LogP contribution >= 0.6 is 24.0 Å². The number of nitrogens with two attached hydrogens (primary N) is 1. The van der Waals surface area contributed by atoms with Crippen molar-refractivity contribution in [1.82, 2.24) is 9.99 Å². The van der Waals surface area contributed by atoms with E-state index in [-0.39, 0.29) is 18.3 Å². The van der Waals surface area contributed by atoms with E-state index in [1.165, 1.54) is 0 Å². The minimum Gasteiger partial charge on any atom is -0.345 e. The fourth-order valence-corrected chi connectivity index (χ4v) is 1.07. The Morgan fingerprint density at radius 3 is 2.67 bits per heavy atom. The van der Waals surface area contributed by atoms with Gasteiger partial charge in [0.25, 0.3) is 5.91 Å². The Morgan fingerprint density at radius 1 is 1.75 bits per heavy atom. The van der Waals surface area contributed by atoms with Crippen molar-refractivity contribution < 1.29 is 4.79 Å². The summed E-state index contributed by atoms with van der Waals surface area (Å²) < 4.78 is 1.60. The third-order valence-corrected chi connectivity index (χ3v) is 1.54. The van der Waals surface area contributed by atoms with E-state index in [1.54, 1.807) is 23.9 Å². The zero-order valence-electron chi connectivity index (χ0n) is 6.37. The second-order valence-corrected chi connectivity index (χ2v) is 2.56. The van der Waals surface area contributed by atoms with Crippen LogP contribution in [0.3, 0.4) is 0 Å². The summed E-state index contributed by atoms with van der Waals surface area (Å²) in [6, 6.07) is 1.55. The first-order valence-corrected chi connectivity index (χ1v) is 3.35. The van der Waals surface area contributed by atoms with E-state index in [1.807, 2.05) is 5.43 Å². The number of carbonyl (C=O) groups excluding carboxylic acids is 1. The van der Waals surface area contributed by atoms with E-state index in [2.05, 4.69) is 0 Å². The number of aryl methyl sites for hydroxylation is 1. The van der Waals surface area contributed by atoms with Gasteiger partial charge in [0.2, 0.25) is 0 Å². The molecule has 68 valence electrons. The Hall–Kier alpha value is -0.710. The quantitative estimate of drug-likeness (QED) is 0.407. The van der Waals surface area contributed by atoms with Gasteiger partial charge in [-0.15, -0.1) is 12.4 Å². The molecular formula is C6H9Cl2N3O. The average molecular weight is 210 g/mol. The lowest BCUT2D eigenvalue weighted by Crippen LogP contribution is -2.31. The number of nitrogens with zero attached hydrogens (tertiary/aromatic N) is 1. The van der Waals surface area contributed by atoms with E-state index in [4.69, 9.17) is 17.4 Å². The number of aromatic nitrogens is 1. The van der Waals surface area contributed by atoms with Gasteiger partial charge < -0.3 is 4.57 Å². The molecule has 0 saturated heterocycles. The molecule has 1 heterocycles. The standard InChI is InChI=1S/C6H8ClN3O.ClH/c1-10-3-4(7)2-5(10)6(11)9-8;/h2-3H,8H2,1H3,(H,9,11);1H. The lowest BCUT2D eigenvalue weighted by molar-refractivity contribution is 0.0945. The maximum atomic E-state index is 10.9. The van der Waals surface area contributed by atoms with Gasteiger partial charge in [0.15, 0.2) is 0 Å². The normalized spacial score (nSPS) is 8.92. The molecule has 0 aliphatic carbocycles. The first-order valence-electron chi connectivity index (χ1n) is 2.98. The smallest absolute Gasteiger partial charge is 0.281 e. The SMILES string of the molecule is Cl.Cn1cc(Cl)cc1C(=O)NN. The summed E-state index contributed by atoms with van der Waals surface area (Å²) in [7, 11) is 1.72. The topological polar surface area (TPSA) is 60.0 Å². The molecule has 0 saturated carbocycles. The highest BCUT2D eigenvalue weighted by molar-refractivity contribution is 6.31. The van der Waals surface area contributed by atoms with Crippen LogP contribution in [0, 0.1) is 0 Å². The fraction of sp³-hybridized carbons (Fsp3) is 0.167. The molecule has 12 heavy (non-hydrogen) atoms. The molecule has 0 fully saturated rings. The molecule has 1 aromatic rings. The highest BCUT2D eigenvalue weighted by atomic mass is 35.5. The van der Waals surface area contributed by atoms with Crippen molar-refractivity contribution in [1.29, 1.82) is 0 Å². The zero-order chi connectivity index (χ0) is 8.43. The van der Waals surface area contributed by atoms with Crippen LogP contribution in [0.5, 0.6) is 0 Å². The molecule has 0 aliphatic rings. The molecule has 0 bridgehead atoms. The molecule has 3 N–H and O–H groups in total. The highest BCUT2D eigenvalue weighted by Crippen LogP contribution is 2.11. The van der Waals surface area contributed by atoms with Gasteiger partial charge >= 0.3 is 0 Å². The van der Waals surface area contributed by atoms with Crippen molar-refractivity contribution >= 4 is 29.9 Å². The minimum absolute atomic E-state index is 0. The minimum atomic E-state index is -0.348. The van der Waals surface area contributed by atoms with Crippen LogP contribution in [0.25, 0.3) is 0 Å². The molecule has 0 spiro atoms. The van der Waals surface area contributed by atoms with Crippen molar-refractivity contribution in [2.75, 3.05) is 0 Å². The number of halogens is 2. The van der Waals surface area contributed by atoms with Crippen LogP contribution in [-0.2, 0) is 7.05 Å². The lowest BCUT2D eigenvalue weighted by atomic mass is 10.4. The average Bonchev–Trinajstić information content (AvgIpc) is 2.28. The van der Waals surface area contributed by atoms with Crippen molar-refractivity contribution in [2.45, 2.75) is 0 Å². The summed E-state index contributed by atoms with van der Waals surface area (Å²) in [6.45, 7) is 0. The molecule has 0 unspecified atom stereocenters. The first kappa shape index (κ1) is 11.3. The maximum Gasteiger partial charge on any atom is 0.281 e. The van der Waals surface area contributed by atoms with Gasteiger partial charge in [-0.2, -0.15) is 0 Å². The molecule has 1 rings (SSSR count). The summed E-state index contributed by atoms with van der Waals surface area (Å²) in [5.74, 6) is 4.58. The highest BCUT2D eigenvalue weighted by Gasteiger charge is 2.08. The number of nitrogens with one attached hydrogen (secondary N) is 1. The van der Waals surface area contributed by atoms with E-state index in [0.717, 1.165) is 0 Å². The van der Waals surface area contributed by atoms with Crippen LogP contribution in [0.1, 0.15) is 10.5 Å². The maximum absolute atomic E-state index is 10.9. The van der Waals surface area contributed by atoms with Gasteiger partial charge in [-0.1, -0.05) is 11.6 Å². The molecule has 6 heteroatoms. The van der Waals surface area contributed by atoms with E-state index in [9.17, 15) is 4.79 Å². The van der Waals surface area contributed by atoms with E-state index >= 15 is 0 Å². The number of hydrazine groups is 1. The van der Waals surface area contributed by atoms with E-state index < -0.39 is 0 Å². The second kappa shape index (κ2) is 4.35. The molecule has 1 aromatic heterocycles. The monoisotopic (exact) mass is 209 g/mol. The van der Waals surface area contributed by atoms with Gasteiger partial charge in [-0.25, -0.2) is 5.84 Å². The molecule has 0 radical (unpaired) electrons. The fourth-order valence-electron chi connectivity index (χ4n) is 0.824. The van der Waals surface area contributed by atoms with Gasteiger partial charge in [0.05, 0.1) is 5.02 Å². The number of hydrogen-bond donors (Lipinski definition) is 2. The molecule has 0 aliphatic heterocycles. The molecule has 1 amide bonds. The number of amides is 1. The van der Waals surface area contributed by atoms with Crippen molar-refractivity contribution in [3.05, 3.63) is 23.0 Å². The molecular weight excluding hydrogens is 201 g/mol. The third-order valence-electron chi connectivity index (χ3n) is 1.34.